The Balaban J connectivity index is 1.16. The lowest BCUT2D eigenvalue weighted by molar-refractivity contribution is -0.120. The summed E-state index contributed by atoms with van der Waals surface area (Å²) in [5, 5.41) is 6.87. The van der Waals surface area contributed by atoms with Crippen molar-refractivity contribution in [2.24, 2.45) is 11.1 Å². The summed E-state index contributed by atoms with van der Waals surface area (Å²) in [4.78, 5) is 30.7. The first-order chi connectivity index (χ1) is 16.6. The maximum atomic E-state index is 12.7. The molecule has 2 saturated heterocycles. The molecule has 4 rings (SSSR count). The number of hydrogen-bond acceptors (Lipinski definition) is 7. The van der Waals surface area contributed by atoms with Gasteiger partial charge in [0.05, 0.1) is 5.69 Å². The Kier molecular flexibility index (Phi) is 8.40. The zero-order chi connectivity index (χ0) is 23.9. The van der Waals surface area contributed by atoms with E-state index in [4.69, 9.17) is 11.6 Å². The van der Waals surface area contributed by atoms with Gasteiger partial charge in [-0.3, -0.25) is 9.69 Å². The minimum absolute atomic E-state index is 0.387. The quantitative estimate of drug-likeness (QED) is 0.496. The van der Waals surface area contributed by atoms with Crippen molar-refractivity contribution in [1.82, 2.24) is 4.90 Å². The van der Waals surface area contributed by atoms with Gasteiger partial charge in [-0.1, -0.05) is 11.6 Å². The molecule has 2 aromatic carbocycles. The van der Waals surface area contributed by atoms with Crippen LogP contribution in [0.2, 0.25) is 5.02 Å². The Morgan fingerprint density at radius 1 is 0.971 bits per heavy atom. The molecule has 0 unspecified atom stereocenters. The van der Waals surface area contributed by atoms with Crippen LogP contribution in [-0.4, -0.2) is 63.5 Å². The number of nitrogens with zero attached hydrogens (tertiary/aromatic N) is 4. The van der Waals surface area contributed by atoms with Crippen LogP contribution >= 0.6 is 11.6 Å². The normalized spacial score (nSPS) is 17.6. The lowest BCUT2D eigenvalue weighted by atomic mass is 9.90. The Hall–Kier alpha value is -2.64. The van der Waals surface area contributed by atoms with Gasteiger partial charge in [-0.2, -0.15) is 0 Å². The average molecular weight is 484 g/mol. The first-order valence-corrected chi connectivity index (χ1v) is 12.6. The van der Waals surface area contributed by atoms with Gasteiger partial charge >= 0.3 is 0 Å². The van der Waals surface area contributed by atoms with Crippen LogP contribution in [0.4, 0.5) is 22.7 Å². The van der Waals surface area contributed by atoms with Gasteiger partial charge in [0, 0.05) is 82.1 Å². The van der Waals surface area contributed by atoms with Crippen molar-refractivity contribution in [2.75, 3.05) is 68.0 Å². The van der Waals surface area contributed by atoms with Crippen molar-refractivity contribution in [3.63, 3.8) is 0 Å². The number of nitroso groups, excluding NO2 is 1. The highest BCUT2D eigenvalue weighted by atomic mass is 35.5. The molecule has 0 atom stereocenters. The molecule has 8 heteroatoms. The molecule has 2 aromatic rings. The maximum absolute atomic E-state index is 12.7. The molecule has 0 radical (unpaired) electrons. The summed E-state index contributed by atoms with van der Waals surface area (Å²) in [5.74, 6) is 0.850. The minimum atomic E-state index is 0.387. The number of Topliss-reactive ketones (excluding diaryl/α,β-unsaturated/α-hetero) is 1. The van der Waals surface area contributed by atoms with Crippen LogP contribution in [0.5, 0.6) is 0 Å². The number of carbonyl (C=O) groups excluding carboxylic acids is 1. The number of hydrogen-bond donors (Lipinski definition) is 1. The molecule has 0 aliphatic carbocycles. The van der Waals surface area contributed by atoms with Gasteiger partial charge in [0.15, 0.2) is 0 Å². The van der Waals surface area contributed by atoms with Crippen LogP contribution < -0.4 is 15.1 Å². The number of rotatable bonds is 9. The average Bonchev–Trinajstić information content (AvgIpc) is 2.88. The molecule has 1 N–H and O–H groups in total. The lowest BCUT2D eigenvalue weighted by Crippen LogP contribution is -2.47. The van der Waals surface area contributed by atoms with Crippen LogP contribution in [0.15, 0.2) is 47.6 Å². The van der Waals surface area contributed by atoms with Gasteiger partial charge in [0.2, 0.25) is 0 Å². The molecule has 2 aliphatic rings. The zero-order valence-corrected chi connectivity index (χ0v) is 20.6. The van der Waals surface area contributed by atoms with Crippen LogP contribution in [0.25, 0.3) is 0 Å². The van der Waals surface area contributed by atoms with E-state index in [2.05, 4.69) is 37.3 Å². The first kappa shape index (κ1) is 24.5. The topological polar surface area (TPSA) is 68.2 Å². The third kappa shape index (κ3) is 6.27. The summed E-state index contributed by atoms with van der Waals surface area (Å²) in [6.45, 7) is 6.66. The molecular formula is C26H34ClN5O2. The van der Waals surface area contributed by atoms with Gasteiger partial charge in [0.1, 0.15) is 11.5 Å². The predicted molar refractivity (Wildman–Crippen MR) is 141 cm³/mol. The fraction of sp³-hybridized carbons (Fsp3) is 0.500. The van der Waals surface area contributed by atoms with E-state index in [1.165, 1.54) is 5.69 Å². The van der Waals surface area contributed by atoms with Gasteiger partial charge in [0.25, 0.3) is 0 Å². The molecule has 2 fully saturated rings. The van der Waals surface area contributed by atoms with E-state index in [0.717, 1.165) is 75.1 Å². The van der Waals surface area contributed by atoms with Crippen LogP contribution in [0, 0.1) is 10.8 Å². The van der Waals surface area contributed by atoms with Gasteiger partial charge in [-0.25, -0.2) is 0 Å². The van der Waals surface area contributed by atoms with Crippen LogP contribution in [0.3, 0.4) is 0 Å². The van der Waals surface area contributed by atoms with Crippen molar-refractivity contribution in [3.8, 4) is 0 Å². The summed E-state index contributed by atoms with van der Waals surface area (Å²) in [6.07, 6.45) is 3.38. The number of halogens is 1. The molecule has 2 aliphatic heterocycles. The van der Waals surface area contributed by atoms with Gasteiger partial charge in [-0.05, 0) is 66.4 Å². The monoisotopic (exact) mass is 483 g/mol. The van der Waals surface area contributed by atoms with Crippen LogP contribution in [0.1, 0.15) is 25.7 Å². The van der Waals surface area contributed by atoms with Crippen molar-refractivity contribution in [3.05, 3.63) is 52.4 Å². The molecule has 7 nitrogen and oxygen atoms in total. The van der Waals surface area contributed by atoms with E-state index in [0.29, 0.717) is 30.2 Å². The number of piperazine rings is 1. The molecule has 0 spiro atoms. The van der Waals surface area contributed by atoms with E-state index in [1.54, 1.807) is 13.1 Å². The third-order valence-corrected chi connectivity index (χ3v) is 7.37. The van der Waals surface area contributed by atoms with E-state index >= 15 is 0 Å². The van der Waals surface area contributed by atoms with Crippen molar-refractivity contribution in [2.45, 2.75) is 25.7 Å². The van der Waals surface area contributed by atoms with E-state index < -0.39 is 0 Å². The Morgan fingerprint density at radius 3 is 2.26 bits per heavy atom. The SMILES string of the molecule is CNc1cc(N2CCC(CC(=O)CCN3CCN(c4ccc(Cl)cc4)CC3)CC2)ccc1N=O. The number of nitrogens with one attached hydrogen (secondary N) is 1. The fourth-order valence-electron chi connectivity index (χ4n) is 4.98. The maximum Gasteiger partial charge on any atom is 0.134 e. The number of piperidine rings is 1. The molecule has 182 valence electrons. The molecule has 34 heavy (non-hydrogen) atoms. The predicted octanol–water partition coefficient (Wildman–Crippen LogP) is 5.17. The van der Waals surface area contributed by atoms with E-state index in [-0.39, 0.29) is 0 Å². The Morgan fingerprint density at radius 2 is 1.62 bits per heavy atom. The molecule has 0 saturated carbocycles. The number of carbonyl (C=O) groups is 1. The highest BCUT2D eigenvalue weighted by Gasteiger charge is 2.23. The van der Waals surface area contributed by atoms with E-state index in [1.807, 2.05) is 24.3 Å². The standard InChI is InChI=1S/C26H34ClN5O2/c1-28-26-19-23(6-7-25(26)29-34)31-12-8-20(9-13-31)18-24(33)10-11-30-14-16-32(17-15-30)22-4-2-21(27)3-5-22/h2-7,19-20,28H,8-18H2,1H3. The fourth-order valence-corrected chi connectivity index (χ4v) is 5.11. The van der Waals surface area contributed by atoms with Crippen LogP contribution in [-0.2, 0) is 4.79 Å². The third-order valence-electron chi connectivity index (χ3n) is 7.11. The highest BCUT2D eigenvalue weighted by Crippen LogP contribution is 2.32. The second-order valence-corrected chi connectivity index (χ2v) is 9.71. The number of benzene rings is 2. The first-order valence-electron chi connectivity index (χ1n) is 12.2. The highest BCUT2D eigenvalue weighted by molar-refractivity contribution is 6.30. The Labute approximate surface area is 207 Å². The van der Waals surface area contributed by atoms with Crippen molar-refractivity contribution in [1.29, 1.82) is 0 Å². The van der Waals surface area contributed by atoms with Crippen molar-refractivity contribution < 1.29 is 4.79 Å². The lowest BCUT2D eigenvalue weighted by Gasteiger charge is -2.36. The molecule has 0 amide bonds. The Bertz CT molecular complexity index is 968. The summed E-state index contributed by atoms with van der Waals surface area (Å²) >= 11 is 6.00. The number of ketones is 1. The van der Waals surface area contributed by atoms with Gasteiger partial charge in [-0.15, -0.1) is 4.91 Å². The second-order valence-electron chi connectivity index (χ2n) is 9.27. The molecular weight excluding hydrogens is 450 g/mol. The molecule has 0 bridgehead atoms. The largest absolute Gasteiger partial charge is 0.386 e. The minimum Gasteiger partial charge on any atom is -0.386 e. The summed E-state index contributed by atoms with van der Waals surface area (Å²) in [5.41, 5.74) is 3.49. The zero-order valence-electron chi connectivity index (χ0n) is 19.9. The smallest absolute Gasteiger partial charge is 0.134 e. The summed E-state index contributed by atoms with van der Waals surface area (Å²) in [6, 6.07) is 13.7. The van der Waals surface area contributed by atoms with E-state index in [9.17, 15) is 9.70 Å². The summed E-state index contributed by atoms with van der Waals surface area (Å²) < 4.78 is 0. The van der Waals surface area contributed by atoms with Crippen molar-refractivity contribution >= 4 is 40.1 Å². The molecule has 0 aromatic heterocycles. The summed E-state index contributed by atoms with van der Waals surface area (Å²) in [7, 11) is 1.80. The second kappa shape index (κ2) is 11.7. The number of anilines is 3. The molecule has 2 heterocycles. The van der Waals surface area contributed by atoms with Gasteiger partial charge < -0.3 is 15.1 Å².